The van der Waals surface area contributed by atoms with Crippen LogP contribution in [0.4, 0.5) is 0 Å². The molecule has 1 aliphatic heterocycles. The van der Waals surface area contributed by atoms with Crippen molar-refractivity contribution in [2.24, 2.45) is 4.99 Å². The average Bonchev–Trinajstić information content (AvgIpc) is 3.12. The second-order valence-corrected chi connectivity index (χ2v) is 7.67. The number of nitrogens with one attached hydrogen (secondary N) is 2. The van der Waals surface area contributed by atoms with Gasteiger partial charge in [0, 0.05) is 35.3 Å². The molecule has 1 aliphatic rings. The number of rotatable bonds is 6. The zero-order valence-corrected chi connectivity index (χ0v) is 16.4. The summed E-state index contributed by atoms with van der Waals surface area (Å²) in [6, 6.07) is 7.88. The van der Waals surface area contributed by atoms with Gasteiger partial charge in [-0.05, 0) is 49.8 Å². The lowest BCUT2D eigenvalue weighted by Gasteiger charge is -2.24. The predicted octanol–water partition coefficient (Wildman–Crippen LogP) is 3.38. The number of halogens is 1. The van der Waals surface area contributed by atoms with Gasteiger partial charge in [-0.1, -0.05) is 16.8 Å². The summed E-state index contributed by atoms with van der Waals surface area (Å²) >= 11 is 7.90. The van der Waals surface area contributed by atoms with Crippen molar-refractivity contribution in [3.63, 3.8) is 0 Å². The van der Waals surface area contributed by atoms with Crippen LogP contribution in [0.1, 0.15) is 25.7 Å². The summed E-state index contributed by atoms with van der Waals surface area (Å²) in [5.41, 5.74) is 0.887. The molecule has 2 aromatic rings. The molecule has 140 valence electrons. The van der Waals surface area contributed by atoms with Gasteiger partial charge < -0.3 is 15.2 Å². The molecule has 1 saturated heterocycles. The molecule has 0 aliphatic carbocycles. The third-order valence-electron chi connectivity index (χ3n) is 4.01. The number of benzene rings is 1. The van der Waals surface area contributed by atoms with Crippen LogP contribution >= 0.6 is 23.4 Å². The normalized spacial score (nSPS) is 17.9. The molecule has 2 N–H and O–H groups in total. The number of hydrogen-bond acceptors (Lipinski definition) is 5. The summed E-state index contributed by atoms with van der Waals surface area (Å²) in [6.45, 7) is 3.51. The number of thioether (sulfide) groups is 1. The van der Waals surface area contributed by atoms with Crippen LogP contribution in [0.25, 0.3) is 11.4 Å². The van der Waals surface area contributed by atoms with Crippen LogP contribution in [0.5, 0.6) is 0 Å². The van der Waals surface area contributed by atoms with E-state index in [1.165, 1.54) is 18.6 Å². The Morgan fingerprint density at radius 1 is 1.38 bits per heavy atom. The Kier molecular flexibility index (Phi) is 7.20. The quantitative estimate of drug-likeness (QED) is 0.578. The highest BCUT2D eigenvalue weighted by Gasteiger charge is 2.15. The minimum absolute atomic E-state index is 0.492. The van der Waals surface area contributed by atoms with Crippen molar-refractivity contribution in [1.29, 1.82) is 0 Å². The minimum atomic E-state index is 0.492. The van der Waals surface area contributed by atoms with Crippen LogP contribution in [0.15, 0.2) is 33.8 Å². The third-order valence-corrected chi connectivity index (χ3v) is 5.48. The van der Waals surface area contributed by atoms with Gasteiger partial charge in [0.15, 0.2) is 5.96 Å². The van der Waals surface area contributed by atoms with Crippen LogP contribution in [-0.4, -0.2) is 46.7 Å². The zero-order valence-electron chi connectivity index (χ0n) is 14.9. The van der Waals surface area contributed by atoms with Crippen LogP contribution < -0.4 is 10.6 Å². The van der Waals surface area contributed by atoms with E-state index >= 15 is 0 Å². The molecule has 6 nitrogen and oxygen atoms in total. The van der Waals surface area contributed by atoms with E-state index in [1.54, 1.807) is 0 Å². The fourth-order valence-corrected chi connectivity index (χ4v) is 3.90. The molecule has 0 bridgehead atoms. The molecule has 3 rings (SSSR count). The fourth-order valence-electron chi connectivity index (χ4n) is 2.70. The highest BCUT2D eigenvalue weighted by Crippen LogP contribution is 2.19. The standard InChI is InChI=1S/C18H24ClN5OS/c1-2-20-18(22-15-4-3-11-26-12-15)21-10-9-16-23-17(24-25-16)13-5-7-14(19)8-6-13/h5-8,15H,2-4,9-12H2,1H3,(H2,20,21,22). The van der Waals surface area contributed by atoms with E-state index in [1.807, 2.05) is 36.0 Å². The lowest BCUT2D eigenvalue weighted by atomic mass is 10.2. The molecule has 1 aromatic heterocycles. The zero-order chi connectivity index (χ0) is 18.2. The molecule has 1 unspecified atom stereocenters. The van der Waals surface area contributed by atoms with Gasteiger partial charge >= 0.3 is 0 Å². The van der Waals surface area contributed by atoms with Gasteiger partial charge in [-0.2, -0.15) is 16.7 Å². The summed E-state index contributed by atoms with van der Waals surface area (Å²) in [5, 5.41) is 11.5. The number of nitrogens with zero attached hydrogens (tertiary/aromatic N) is 3. The van der Waals surface area contributed by atoms with Crippen molar-refractivity contribution >= 4 is 29.3 Å². The lowest BCUT2D eigenvalue weighted by Crippen LogP contribution is -2.45. The van der Waals surface area contributed by atoms with Crippen LogP contribution in [0, 0.1) is 0 Å². The summed E-state index contributed by atoms with van der Waals surface area (Å²) in [7, 11) is 0. The molecule has 0 spiro atoms. The van der Waals surface area contributed by atoms with Gasteiger partial charge in [0.2, 0.25) is 11.7 Å². The van der Waals surface area contributed by atoms with Gasteiger partial charge in [-0.25, -0.2) is 0 Å². The second kappa shape index (κ2) is 9.83. The molecule has 0 radical (unpaired) electrons. The van der Waals surface area contributed by atoms with E-state index in [4.69, 9.17) is 16.1 Å². The maximum Gasteiger partial charge on any atom is 0.228 e. The van der Waals surface area contributed by atoms with Crippen molar-refractivity contribution in [2.75, 3.05) is 24.6 Å². The van der Waals surface area contributed by atoms with Crippen molar-refractivity contribution in [1.82, 2.24) is 20.8 Å². The molecule has 8 heteroatoms. The van der Waals surface area contributed by atoms with Gasteiger partial charge in [0.05, 0.1) is 6.54 Å². The van der Waals surface area contributed by atoms with Gasteiger partial charge in [0.25, 0.3) is 0 Å². The van der Waals surface area contributed by atoms with Crippen molar-refractivity contribution < 1.29 is 4.52 Å². The lowest BCUT2D eigenvalue weighted by molar-refractivity contribution is 0.380. The Balaban J connectivity index is 1.54. The molecular weight excluding hydrogens is 370 g/mol. The number of hydrogen-bond donors (Lipinski definition) is 2. The molecule has 0 amide bonds. The highest BCUT2D eigenvalue weighted by molar-refractivity contribution is 7.99. The summed E-state index contributed by atoms with van der Waals surface area (Å²) in [5.74, 6) is 4.42. The van der Waals surface area contributed by atoms with E-state index in [2.05, 4.69) is 32.7 Å². The van der Waals surface area contributed by atoms with Gasteiger partial charge in [0.1, 0.15) is 0 Å². The highest BCUT2D eigenvalue weighted by atomic mass is 35.5. The monoisotopic (exact) mass is 393 g/mol. The van der Waals surface area contributed by atoms with Crippen molar-refractivity contribution in [3.8, 4) is 11.4 Å². The third kappa shape index (κ3) is 5.64. The first-order valence-electron chi connectivity index (χ1n) is 8.95. The van der Waals surface area contributed by atoms with E-state index in [0.29, 0.717) is 35.7 Å². The Morgan fingerprint density at radius 3 is 2.96 bits per heavy atom. The average molecular weight is 394 g/mol. The SMILES string of the molecule is CCNC(=NCCc1nc(-c2ccc(Cl)cc2)no1)NC1CCCSC1. The van der Waals surface area contributed by atoms with E-state index in [0.717, 1.165) is 23.8 Å². The van der Waals surface area contributed by atoms with Gasteiger partial charge in [-0.15, -0.1) is 0 Å². The molecule has 1 aromatic carbocycles. The first-order valence-corrected chi connectivity index (χ1v) is 10.5. The smallest absolute Gasteiger partial charge is 0.228 e. The Labute approximate surface area is 163 Å². The van der Waals surface area contributed by atoms with Crippen LogP contribution in [0.2, 0.25) is 5.02 Å². The predicted molar refractivity (Wildman–Crippen MR) is 108 cm³/mol. The van der Waals surface area contributed by atoms with E-state index in [-0.39, 0.29) is 0 Å². The van der Waals surface area contributed by atoms with Crippen LogP contribution in [-0.2, 0) is 6.42 Å². The first kappa shape index (κ1) is 19.0. The summed E-state index contributed by atoms with van der Waals surface area (Å²) in [6.07, 6.45) is 3.07. The molecule has 1 fully saturated rings. The minimum Gasteiger partial charge on any atom is -0.357 e. The topological polar surface area (TPSA) is 75.3 Å². The Bertz CT molecular complexity index is 713. The van der Waals surface area contributed by atoms with E-state index < -0.39 is 0 Å². The molecule has 1 atom stereocenters. The first-order chi connectivity index (χ1) is 12.7. The number of aliphatic imine (C=N–C) groups is 1. The maximum atomic E-state index is 5.91. The fraction of sp³-hybridized carbons (Fsp3) is 0.500. The summed E-state index contributed by atoms with van der Waals surface area (Å²) in [4.78, 5) is 9.07. The maximum absolute atomic E-state index is 5.91. The Hall–Kier alpha value is -1.73. The number of guanidine groups is 1. The summed E-state index contributed by atoms with van der Waals surface area (Å²) < 4.78 is 5.33. The van der Waals surface area contributed by atoms with Crippen molar-refractivity contribution in [3.05, 3.63) is 35.2 Å². The van der Waals surface area contributed by atoms with Crippen molar-refractivity contribution in [2.45, 2.75) is 32.2 Å². The molecular formula is C18H24ClN5OS. The number of aromatic nitrogens is 2. The molecule has 26 heavy (non-hydrogen) atoms. The largest absolute Gasteiger partial charge is 0.357 e. The Morgan fingerprint density at radius 2 is 2.23 bits per heavy atom. The van der Waals surface area contributed by atoms with Crippen LogP contribution in [0.3, 0.4) is 0 Å². The van der Waals surface area contributed by atoms with Gasteiger partial charge in [-0.3, -0.25) is 4.99 Å². The van der Waals surface area contributed by atoms with E-state index in [9.17, 15) is 0 Å². The molecule has 2 heterocycles. The molecule has 0 saturated carbocycles. The second-order valence-electron chi connectivity index (χ2n) is 6.09.